The summed E-state index contributed by atoms with van der Waals surface area (Å²) in [5.74, 6) is 1.50. The Morgan fingerprint density at radius 3 is 2.36 bits per heavy atom. The van der Waals surface area contributed by atoms with Gasteiger partial charge in [-0.15, -0.1) is 0 Å². The SMILES string of the molecule is COc1ccc(CC(COC(C)=O)/C(=C/c2ccc3c(c2)OCO3)COC(C)=O)cc1OC. The maximum absolute atomic E-state index is 11.6. The first-order chi connectivity index (χ1) is 15.9. The lowest BCUT2D eigenvalue weighted by atomic mass is 9.91. The molecule has 0 aromatic heterocycles. The summed E-state index contributed by atoms with van der Waals surface area (Å²) in [6.07, 6.45) is 2.44. The Morgan fingerprint density at radius 1 is 0.939 bits per heavy atom. The number of rotatable bonds is 10. The van der Waals surface area contributed by atoms with E-state index in [4.69, 9.17) is 28.4 Å². The number of carbonyl (C=O) groups is 2. The molecule has 2 aromatic carbocycles. The van der Waals surface area contributed by atoms with Gasteiger partial charge < -0.3 is 28.4 Å². The van der Waals surface area contributed by atoms with Crippen LogP contribution >= 0.6 is 0 Å². The standard InChI is InChI=1S/C25H28O8/c1-16(26)30-13-20(9-18-5-7-22(28-3)24(11-18)29-4)21(14-31-17(2)27)10-19-6-8-23-25(12-19)33-15-32-23/h5-8,10-12,20H,9,13-15H2,1-4H3/b21-10+. The van der Waals surface area contributed by atoms with Gasteiger partial charge in [0.15, 0.2) is 23.0 Å². The lowest BCUT2D eigenvalue weighted by molar-refractivity contribution is -0.143. The van der Waals surface area contributed by atoms with E-state index in [2.05, 4.69) is 0 Å². The topological polar surface area (TPSA) is 89.5 Å². The van der Waals surface area contributed by atoms with Gasteiger partial charge in [0.2, 0.25) is 6.79 Å². The number of carbonyl (C=O) groups excluding carboxylic acids is 2. The molecular weight excluding hydrogens is 428 g/mol. The zero-order chi connectivity index (χ0) is 23.8. The number of hydrogen-bond donors (Lipinski definition) is 0. The van der Waals surface area contributed by atoms with Gasteiger partial charge in [-0.2, -0.15) is 0 Å². The molecule has 0 spiro atoms. The lowest BCUT2D eigenvalue weighted by Gasteiger charge is -2.21. The molecule has 33 heavy (non-hydrogen) atoms. The van der Waals surface area contributed by atoms with E-state index in [1.807, 2.05) is 42.5 Å². The van der Waals surface area contributed by atoms with Crippen molar-refractivity contribution >= 4 is 18.0 Å². The fourth-order valence-corrected chi connectivity index (χ4v) is 3.49. The fourth-order valence-electron chi connectivity index (χ4n) is 3.49. The van der Waals surface area contributed by atoms with Crippen LogP contribution in [0.2, 0.25) is 0 Å². The Balaban J connectivity index is 1.94. The van der Waals surface area contributed by atoms with Gasteiger partial charge in [-0.25, -0.2) is 0 Å². The van der Waals surface area contributed by atoms with Crippen LogP contribution in [0.3, 0.4) is 0 Å². The van der Waals surface area contributed by atoms with E-state index in [1.165, 1.54) is 13.8 Å². The Bertz CT molecular complexity index is 1030. The monoisotopic (exact) mass is 456 g/mol. The third-order valence-corrected chi connectivity index (χ3v) is 5.13. The summed E-state index contributed by atoms with van der Waals surface area (Å²) in [5.41, 5.74) is 2.59. The molecular formula is C25H28O8. The number of fused-ring (bicyclic) bond motifs is 1. The average molecular weight is 456 g/mol. The van der Waals surface area contributed by atoms with Crippen molar-refractivity contribution in [2.24, 2.45) is 5.92 Å². The largest absolute Gasteiger partial charge is 0.493 e. The molecule has 0 N–H and O–H groups in total. The summed E-state index contributed by atoms with van der Waals surface area (Å²) >= 11 is 0. The van der Waals surface area contributed by atoms with Gasteiger partial charge in [0.05, 0.1) is 20.8 Å². The minimum absolute atomic E-state index is 0.0585. The summed E-state index contributed by atoms with van der Waals surface area (Å²) in [4.78, 5) is 23.1. The molecule has 3 rings (SSSR count). The fraction of sp³-hybridized carbons (Fsp3) is 0.360. The molecule has 0 saturated carbocycles. The molecule has 0 amide bonds. The summed E-state index contributed by atoms with van der Waals surface area (Å²) in [7, 11) is 3.15. The van der Waals surface area contributed by atoms with Crippen LogP contribution in [0.5, 0.6) is 23.0 Å². The molecule has 0 aliphatic carbocycles. The summed E-state index contributed by atoms with van der Waals surface area (Å²) in [6, 6.07) is 11.2. The first-order valence-electron chi connectivity index (χ1n) is 10.5. The van der Waals surface area contributed by atoms with Gasteiger partial charge in [-0.05, 0) is 47.4 Å². The van der Waals surface area contributed by atoms with Gasteiger partial charge in [0.1, 0.15) is 6.61 Å². The van der Waals surface area contributed by atoms with Crippen molar-refractivity contribution in [2.45, 2.75) is 20.3 Å². The number of methoxy groups -OCH3 is 2. The van der Waals surface area contributed by atoms with E-state index in [-0.39, 0.29) is 31.9 Å². The van der Waals surface area contributed by atoms with Gasteiger partial charge in [-0.1, -0.05) is 18.2 Å². The van der Waals surface area contributed by atoms with Crippen LogP contribution in [0.4, 0.5) is 0 Å². The zero-order valence-corrected chi connectivity index (χ0v) is 19.2. The normalized spacial score (nSPS) is 13.3. The van der Waals surface area contributed by atoms with Crippen molar-refractivity contribution in [1.82, 2.24) is 0 Å². The second-order valence-electron chi connectivity index (χ2n) is 7.51. The number of hydrogen-bond acceptors (Lipinski definition) is 8. The second kappa shape index (κ2) is 11.3. The summed E-state index contributed by atoms with van der Waals surface area (Å²) in [6.45, 7) is 3.08. The average Bonchev–Trinajstić information content (AvgIpc) is 3.27. The van der Waals surface area contributed by atoms with Crippen molar-refractivity contribution < 1.29 is 38.0 Å². The Morgan fingerprint density at radius 2 is 1.67 bits per heavy atom. The van der Waals surface area contributed by atoms with E-state index < -0.39 is 5.97 Å². The van der Waals surface area contributed by atoms with Crippen LogP contribution in [0, 0.1) is 5.92 Å². The van der Waals surface area contributed by atoms with Crippen molar-refractivity contribution in [3.8, 4) is 23.0 Å². The molecule has 1 aliphatic rings. The quantitative estimate of drug-likeness (QED) is 0.499. The van der Waals surface area contributed by atoms with Crippen LogP contribution in [0.1, 0.15) is 25.0 Å². The first-order valence-corrected chi connectivity index (χ1v) is 10.5. The molecule has 8 heteroatoms. The van der Waals surface area contributed by atoms with Crippen molar-refractivity contribution in [1.29, 1.82) is 0 Å². The molecule has 0 bridgehead atoms. The summed E-state index contributed by atoms with van der Waals surface area (Å²) < 4.78 is 32.3. The van der Waals surface area contributed by atoms with E-state index in [0.717, 1.165) is 16.7 Å². The molecule has 2 aromatic rings. The van der Waals surface area contributed by atoms with Crippen LogP contribution in [-0.4, -0.2) is 46.2 Å². The van der Waals surface area contributed by atoms with Crippen LogP contribution in [0.15, 0.2) is 42.0 Å². The third kappa shape index (κ3) is 6.65. The first kappa shape index (κ1) is 24.0. The molecule has 176 valence electrons. The van der Waals surface area contributed by atoms with Gasteiger partial charge in [0.25, 0.3) is 0 Å². The van der Waals surface area contributed by atoms with Gasteiger partial charge in [-0.3, -0.25) is 9.59 Å². The van der Waals surface area contributed by atoms with Crippen molar-refractivity contribution in [3.05, 3.63) is 53.1 Å². The predicted molar refractivity (Wildman–Crippen MR) is 121 cm³/mol. The third-order valence-electron chi connectivity index (χ3n) is 5.13. The Labute approximate surface area is 193 Å². The maximum atomic E-state index is 11.6. The van der Waals surface area contributed by atoms with E-state index in [0.29, 0.717) is 29.4 Å². The Kier molecular flexibility index (Phi) is 8.18. The zero-order valence-electron chi connectivity index (χ0n) is 19.2. The molecule has 1 heterocycles. The van der Waals surface area contributed by atoms with Crippen LogP contribution in [0.25, 0.3) is 6.08 Å². The molecule has 1 aliphatic heterocycles. The highest BCUT2D eigenvalue weighted by atomic mass is 16.7. The Hall–Kier alpha value is -3.68. The van der Waals surface area contributed by atoms with E-state index >= 15 is 0 Å². The minimum Gasteiger partial charge on any atom is -0.493 e. The van der Waals surface area contributed by atoms with Crippen molar-refractivity contribution in [2.75, 3.05) is 34.2 Å². The van der Waals surface area contributed by atoms with Crippen molar-refractivity contribution in [3.63, 3.8) is 0 Å². The number of benzene rings is 2. The van der Waals surface area contributed by atoms with E-state index in [1.54, 1.807) is 14.2 Å². The van der Waals surface area contributed by atoms with Gasteiger partial charge in [0, 0.05) is 19.8 Å². The highest BCUT2D eigenvalue weighted by Crippen LogP contribution is 2.34. The highest BCUT2D eigenvalue weighted by Gasteiger charge is 2.20. The number of ether oxygens (including phenoxy) is 6. The predicted octanol–water partition coefficient (Wildman–Crippen LogP) is 3.80. The van der Waals surface area contributed by atoms with E-state index in [9.17, 15) is 9.59 Å². The molecule has 0 radical (unpaired) electrons. The van der Waals surface area contributed by atoms with Crippen LogP contribution < -0.4 is 18.9 Å². The summed E-state index contributed by atoms with van der Waals surface area (Å²) in [5, 5.41) is 0. The molecule has 0 saturated heterocycles. The lowest BCUT2D eigenvalue weighted by Crippen LogP contribution is -2.21. The minimum atomic E-state index is -0.399. The molecule has 1 atom stereocenters. The number of esters is 2. The maximum Gasteiger partial charge on any atom is 0.302 e. The highest BCUT2D eigenvalue weighted by molar-refractivity contribution is 5.67. The molecule has 1 unspecified atom stereocenters. The second-order valence-corrected chi connectivity index (χ2v) is 7.51. The molecule has 0 fully saturated rings. The van der Waals surface area contributed by atoms with Crippen LogP contribution in [-0.2, 0) is 25.5 Å². The molecule has 8 nitrogen and oxygen atoms in total. The van der Waals surface area contributed by atoms with Gasteiger partial charge >= 0.3 is 11.9 Å². The smallest absolute Gasteiger partial charge is 0.302 e.